The molecule has 4 aliphatic rings. The molecule has 7 rings (SSSR count). The van der Waals surface area contributed by atoms with E-state index in [4.69, 9.17) is 20.0 Å². The molecule has 168 valence electrons. The van der Waals surface area contributed by atoms with Gasteiger partial charge in [0.05, 0.1) is 58.6 Å². The van der Waals surface area contributed by atoms with Crippen LogP contribution in [0.3, 0.4) is 0 Å². The molecule has 1 aromatic heterocycles. The van der Waals surface area contributed by atoms with Crippen molar-refractivity contribution in [2.75, 3.05) is 26.2 Å². The minimum Gasteiger partial charge on any atom is -0.341 e. The van der Waals surface area contributed by atoms with E-state index in [2.05, 4.69) is 43.5 Å². The molecule has 0 radical (unpaired) electrons. The quantitative estimate of drug-likeness (QED) is 0.554. The van der Waals surface area contributed by atoms with Gasteiger partial charge in [0.15, 0.2) is 0 Å². The Labute approximate surface area is 195 Å². The number of benzene rings is 2. The lowest BCUT2D eigenvalue weighted by Crippen LogP contribution is -2.45. The average Bonchev–Trinajstić information content (AvgIpc) is 3.67. The third kappa shape index (κ3) is 2.55. The highest BCUT2D eigenvalue weighted by Gasteiger charge is 2.47. The Morgan fingerprint density at radius 1 is 0.588 bits per heavy atom. The number of hydrogen-bond donors (Lipinski definition) is 0. The van der Waals surface area contributed by atoms with Gasteiger partial charge in [-0.3, -0.25) is 9.98 Å². The highest BCUT2D eigenvalue weighted by molar-refractivity contribution is 5.60. The molecule has 0 saturated heterocycles. The fourth-order valence-electron chi connectivity index (χ4n) is 5.23. The smallest absolute Gasteiger partial charge is 0.272 e. The topological polar surface area (TPSA) is 85.6 Å². The van der Waals surface area contributed by atoms with Crippen molar-refractivity contribution < 1.29 is 0 Å². The second-order valence-electron chi connectivity index (χ2n) is 8.79. The average molecular weight is 450 g/mol. The molecule has 0 bridgehead atoms. The first-order valence-electron chi connectivity index (χ1n) is 11.5. The first kappa shape index (κ1) is 19.3. The van der Waals surface area contributed by atoms with Crippen LogP contribution < -0.4 is 21.4 Å². The van der Waals surface area contributed by atoms with Gasteiger partial charge in [-0.1, -0.05) is 24.3 Å². The van der Waals surface area contributed by atoms with Gasteiger partial charge in [-0.2, -0.15) is 0 Å². The Bertz CT molecular complexity index is 1430. The third-order valence-corrected chi connectivity index (χ3v) is 6.86. The number of aliphatic imine (C=N–C) groups is 2. The monoisotopic (exact) mass is 449 g/mol. The zero-order valence-electron chi connectivity index (χ0n) is 18.8. The summed E-state index contributed by atoms with van der Waals surface area (Å²) in [5.74, 6) is -1.83. The number of nitrogens with zero attached hydrogens (tertiary/aromatic N) is 9. The summed E-state index contributed by atoms with van der Waals surface area (Å²) < 4.78 is 2.15. The predicted molar refractivity (Wildman–Crippen MR) is 126 cm³/mol. The molecule has 0 atom stereocenters. The second-order valence-corrected chi connectivity index (χ2v) is 8.79. The number of fused-ring (bicyclic) bond motifs is 2. The summed E-state index contributed by atoms with van der Waals surface area (Å²) in [6.45, 7) is 2.97. The third-order valence-electron chi connectivity index (χ3n) is 6.86. The van der Waals surface area contributed by atoms with Crippen LogP contribution in [0.2, 0.25) is 0 Å². The zero-order chi connectivity index (χ0) is 22.8. The molecular formula is C25H23N9. The number of hydrogen-bond acceptors (Lipinski definition) is 8. The summed E-state index contributed by atoms with van der Waals surface area (Å²) in [6, 6.07) is 20.2. The summed E-state index contributed by atoms with van der Waals surface area (Å²) in [4.78, 5) is 33.7. The van der Waals surface area contributed by atoms with Gasteiger partial charge in [0.25, 0.3) is 11.6 Å². The Morgan fingerprint density at radius 2 is 0.971 bits per heavy atom. The van der Waals surface area contributed by atoms with Gasteiger partial charge in [0.1, 0.15) is 0 Å². The highest BCUT2D eigenvalue weighted by Crippen LogP contribution is 2.39. The standard InChI is InChI=1S/C25H23N9/c1-32-22(24(33-14-12-26-16-33)28-18-6-2-3-7-19(18)29-24)10-11-23(32)25(34-15-13-27-17-34)30-20-8-4-5-9-21(20)31-25/h2-11,16-17H,12-15H2,1H3. The Morgan fingerprint density at radius 3 is 1.29 bits per heavy atom. The molecule has 0 aliphatic carbocycles. The van der Waals surface area contributed by atoms with Crippen LogP contribution >= 0.6 is 0 Å². The number of para-hydroxylation sites is 4. The van der Waals surface area contributed by atoms with Gasteiger partial charge in [-0.25, -0.2) is 20.0 Å². The molecule has 2 aromatic carbocycles. The second kappa shape index (κ2) is 6.93. The van der Waals surface area contributed by atoms with Gasteiger partial charge < -0.3 is 14.4 Å². The summed E-state index contributed by atoms with van der Waals surface area (Å²) in [5, 5.41) is 3.54. The zero-order valence-corrected chi connectivity index (χ0v) is 18.8. The van der Waals surface area contributed by atoms with E-state index in [9.17, 15) is 0 Å². The van der Waals surface area contributed by atoms with Crippen molar-refractivity contribution in [3.8, 4) is 0 Å². The molecule has 34 heavy (non-hydrogen) atoms. The van der Waals surface area contributed by atoms with Crippen LogP contribution in [-0.2, 0) is 18.6 Å². The lowest BCUT2D eigenvalue weighted by molar-refractivity contribution is 0.184. The van der Waals surface area contributed by atoms with E-state index >= 15 is 0 Å². The van der Waals surface area contributed by atoms with Crippen molar-refractivity contribution in [3.63, 3.8) is 0 Å². The largest absolute Gasteiger partial charge is 0.341 e. The normalized spacial score (nSPS) is 20.5. The van der Waals surface area contributed by atoms with E-state index in [1.807, 2.05) is 61.2 Å². The SMILES string of the molecule is Cn1c(C2(N3C=NCC3)N=c3ccccc3=N2)ccc1C1(N2C=NCC2)N=c2ccccc2=N1. The summed E-state index contributed by atoms with van der Waals surface area (Å²) in [5.41, 5.74) is 1.90. The van der Waals surface area contributed by atoms with E-state index < -0.39 is 11.6 Å². The van der Waals surface area contributed by atoms with Gasteiger partial charge in [0.2, 0.25) is 0 Å². The molecule has 3 aromatic rings. The van der Waals surface area contributed by atoms with E-state index in [0.29, 0.717) is 0 Å². The molecule has 0 spiro atoms. The Balaban J connectivity index is 1.45. The number of aromatic nitrogens is 1. The molecule has 0 saturated carbocycles. The van der Waals surface area contributed by atoms with Gasteiger partial charge in [0, 0.05) is 20.1 Å². The molecule has 0 unspecified atom stereocenters. The van der Waals surface area contributed by atoms with E-state index in [0.717, 1.165) is 59.0 Å². The highest BCUT2D eigenvalue weighted by atomic mass is 15.5. The molecule has 0 amide bonds. The first-order chi connectivity index (χ1) is 16.7. The molecule has 9 heteroatoms. The lowest BCUT2D eigenvalue weighted by Gasteiger charge is -2.35. The fraction of sp³-hybridized carbons (Fsp3) is 0.280. The van der Waals surface area contributed by atoms with Crippen LogP contribution in [0.1, 0.15) is 11.4 Å². The van der Waals surface area contributed by atoms with E-state index in [1.165, 1.54) is 0 Å². The first-order valence-corrected chi connectivity index (χ1v) is 11.5. The molecule has 0 N–H and O–H groups in total. The van der Waals surface area contributed by atoms with Gasteiger partial charge in [-0.05, 0) is 36.4 Å². The van der Waals surface area contributed by atoms with Crippen molar-refractivity contribution in [3.05, 3.63) is 93.5 Å². The van der Waals surface area contributed by atoms with Crippen LogP contribution in [-0.4, -0.2) is 53.2 Å². The van der Waals surface area contributed by atoms with Crippen LogP contribution in [0.25, 0.3) is 0 Å². The predicted octanol–water partition coefficient (Wildman–Crippen LogP) is -0.160. The molecular weight excluding hydrogens is 426 g/mol. The van der Waals surface area contributed by atoms with Gasteiger partial charge >= 0.3 is 0 Å². The fourth-order valence-corrected chi connectivity index (χ4v) is 5.23. The van der Waals surface area contributed by atoms with Crippen molar-refractivity contribution in [2.24, 2.45) is 37.0 Å². The van der Waals surface area contributed by atoms with Crippen molar-refractivity contribution in [1.29, 1.82) is 0 Å². The van der Waals surface area contributed by atoms with Crippen molar-refractivity contribution in [1.82, 2.24) is 14.4 Å². The van der Waals surface area contributed by atoms with Crippen LogP contribution in [0.4, 0.5) is 0 Å². The minimum atomic E-state index is -0.914. The molecule has 4 aliphatic heterocycles. The van der Waals surface area contributed by atoms with Crippen molar-refractivity contribution in [2.45, 2.75) is 11.6 Å². The maximum Gasteiger partial charge on any atom is 0.272 e. The summed E-state index contributed by atoms with van der Waals surface area (Å²) >= 11 is 0. The Kier molecular flexibility index (Phi) is 3.94. The summed E-state index contributed by atoms with van der Waals surface area (Å²) in [7, 11) is 2.05. The maximum atomic E-state index is 5.14. The van der Waals surface area contributed by atoms with Crippen LogP contribution in [0.5, 0.6) is 0 Å². The minimum absolute atomic E-state index is 0.731. The lowest BCUT2D eigenvalue weighted by atomic mass is 10.2. The van der Waals surface area contributed by atoms with E-state index in [1.54, 1.807) is 0 Å². The van der Waals surface area contributed by atoms with E-state index in [-0.39, 0.29) is 0 Å². The molecule has 9 nitrogen and oxygen atoms in total. The van der Waals surface area contributed by atoms with Crippen molar-refractivity contribution >= 4 is 12.7 Å². The molecule has 0 fully saturated rings. The van der Waals surface area contributed by atoms with Crippen LogP contribution in [0, 0.1) is 0 Å². The van der Waals surface area contributed by atoms with Crippen LogP contribution in [0.15, 0.2) is 90.6 Å². The maximum absolute atomic E-state index is 5.14. The Hall–Kier alpha value is -4.14. The number of rotatable bonds is 4. The molecule has 5 heterocycles. The summed E-state index contributed by atoms with van der Waals surface area (Å²) in [6.07, 6.45) is 3.74. The van der Waals surface area contributed by atoms with Gasteiger partial charge in [-0.15, -0.1) is 0 Å².